The van der Waals surface area contributed by atoms with E-state index in [1.165, 1.54) is 76.7 Å². The van der Waals surface area contributed by atoms with Crippen LogP contribution in [0.15, 0.2) is 12.3 Å². The summed E-state index contributed by atoms with van der Waals surface area (Å²) < 4.78 is 9.71. The van der Waals surface area contributed by atoms with Crippen molar-refractivity contribution in [1.29, 1.82) is 0 Å². The largest absolute Gasteiger partial charge is 0.461 e. The molecule has 0 aromatic rings. The normalized spacial score (nSPS) is 11.9. The van der Waals surface area contributed by atoms with Crippen LogP contribution in [-0.4, -0.2) is 28.8 Å². The number of carbonyl (C=O) groups excluding carboxylic acids is 1. The summed E-state index contributed by atoms with van der Waals surface area (Å²) in [5.74, 6) is -2.38. The molecule has 0 aromatic carbocycles. The third-order valence-electron chi connectivity index (χ3n) is 4.64. The quantitative estimate of drug-likeness (QED) is 0.131. The Labute approximate surface area is 166 Å². The number of carbonyl (C=O) groups is 1. The van der Waals surface area contributed by atoms with Gasteiger partial charge in [0.05, 0.1) is 6.26 Å². The minimum absolute atomic E-state index is 0.0518. The molecule has 5 heteroatoms. The molecule has 0 radical (unpaired) electrons. The first-order valence-electron chi connectivity index (χ1n) is 10.9. The van der Waals surface area contributed by atoms with Crippen LogP contribution in [0.1, 0.15) is 110 Å². The van der Waals surface area contributed by atoms with Crippen LogP contribution in [0.5, 0.6) is 0 Å². The first-order valence-corrected chi connectivity index (χ1v) is 10.9. The zero-order valence-electron chi connectivity index (χ0n) is 17.6. The van der Waals surface area contributed by atoms with Crippen LogP contribution < -0.4 is 0 Å². The average molecular weight is 387 g/mol. The maximum absolute atomic E-state index is 11.6. The van der Waals surface area contributed by atoms with Crippen molar-refractivity contribution in [2.45, 2.75) is 116 Å². The molecule has 0 heterocycles. The maximum Gasteiger partial charge on any atom is 0.320 e. The van der Waals surface area contributed by atoms with Gasteiger partial charge in [-0.1, -0.05) is 90.9 Å². The summed E-state index contributed by atoms with van der Waals surface area (Å²) >= 11 is 0. The van der Waals surface area contributed by atoms with E-state index in [1.54, 1.807) is 6.92 Å². The van der Waals surface area contributed by atoms with Crippen LogP contribution >= 0.6 is 0 Å². The van der Waals surface area contributed by atoms with Gasteiger partial charge in [-0.15, -0.1) is 0 Å². The lowest BCUT2D eigenvalue weighted by atomic mass is 10.0. The van der Waals surface area contributed by atoms with Gasteiger partial charge in [-0.05, 0) is 12.5 Å². The Morgan fingerprint density at radius 2 is 1.30 bits per heavy atom. The number of aliphatic hydroxyl groups is 2. The fourth-order valence-electron chi connectivity index (χ4n) is 2.78. The van der Waals surface area contributed by atoms with E-state index >= 15 is 0 Å². The SMILES string of the molecule is CCCCCCCCCCCCCCCC(=O)OC/C=C/OC(O)(O)CC. The van der Waals surface area contributed by atoms with Gasteiger partial charge >= 0.3 is 11.9 Å². The first-order chi connectivity index (χ1) is 13.0. The Morgan fingerprint density at radius 3 is 1.78 bits per heavy atom. The zero-order valence-corrected chi connectivity index (χ0v) is 17.6. The third kappa shape index (κ3) is 19.5. The molecule has 0 unspecified atom stereocenters. The standard InChI is InChI=1S/C22H42O5/c1-3-5-6-7-8-9-10-11-12-13-14-15-16-18-21(23)26-19-17-20-27-22(24,25)4-2/h17,20,24-25H,3-16,18-19H2,1-2H3/b20-17+. The second kappa shape index (κ2) is 18.3. The van der Waals surface area contributed by atoms with Gasteiger partial charge in [0.2, 0.25) is 0 Å². The highest BCUT2D eigenvalue weighted by atomic mass is 16.8. The van der Waals surface area contributed by atoms with Crippen molar-refractivity contribution in [2.24, 2.45) is 0 Å². The zero-order chi connectivity index (χ0) is 20.2. The summed E-state index contributed by atoms with van der Waals surface area (Å²) in [6, 6.07) is 0. The van der Waals surface area contributed by atoms with Crippen molar-refractivity contribution in [1.82, 2.24) is 0 Å². The molecule has 0 aliphatic rings. The maximum atomic E-state index is 11.6. The predicted octanol–water partition coefficient (Wildman–Crippen LogP) is 5.59. The Hall–Kier alpha value is -1.07. The van der Waals surface area contributed by atoms with Crippen LogP contribution in [0.2, 0.25) is 0 Å². The molecule has 27 heavy (non-hydrogen) atoms. The molecule has 2 N–H and O–H groups in total. The minimum atomic E-state index is -2.16. The van der Waals surface area contributed by atoms with Crippen molar-refractivity contribution >= 4 is 5.97 Å². The van der Waals surface area contributed by atoms with Crippen molar-refractivity contribution < 1.29 is 24.5 Å². The fourth-order valence-corrected chi connectivity index (χ4v) is 2.78. The van der Waals surface area contributed by atoms with Crippen molar-refractivity contribution in [3.05, 3.63) is 12.3 Å². The second-order valence-corrected chi connectivity index (χ2v) is 7.26. The van der Waals surface area contributed by atoms with E-state index in [2.05, 4.69) is 11.7 Å². The van der Waals surface area contributed by atoms with Crippen LogP contribution in [0.25, 0.3) is 0 Å². The summed E-state index contributed by atoms with van der Waals surface area (Å²) in [6.45, 7) is 3.92. The highest BCUT2D eigenvalue weighted by Gasteiger charge is 2.19. The predicted molar refractivity (Wildman–Crippen MR) is 109 cm³/mol. The molecule has 0 fully saturated rings. The summed E-state index contributed by atoms with van der Waals surface area (Å²) in [5.41, 5.74) is 0. The molecule has 0 aliphatic heterocycles. The number of rotatable bonds is 19. The summed E-state index contributed by atoms with van der Waals surface area (Å²) in [5, 5.41) is 18.4. The smallest absolute Gasteiger partial charge is 0.320 e. The van der Waals surface area contributed by atoms with Gasteiger partial charge in [0.15, 0.2) is 0 Å². The van der Waals surface area contributed by atoms with Gasteiger partial charge in [0.1, 0.15) is 6.61 Å². The molecule has 0 atom stereocenters. The Bertz CT molecular complexity index is 366. The van der Waals surface area contributed by atoms with E-state index in [1.807, 2.05) is 0 Å². The monoisotopic (exact) mass is 386 g/mol. The van der Waals surface area contributed by atoms with Crippen molar-refractivity contribution in [3.63, 3.8) is 0 Å². The molecular formula is C22H42O5. The summed E-state index contributed by atoms with van der Waals surface area (Å²) in [6.07, 6.45) is 19.7. The van der Waals surface area contributed by atoms with E-state index < -0.39 is 5.97 Å². The molecule has 160 valence electrons. The van der Waals surface area contributed by atoms with Crippen LogP contribution in [0.3, 0.4) is 0 Å². The minimum Gasteiger partial charge on any atom is -0.461 e. The molecule has 0 saturated carbocycles. The molecule has 0 amide bonds. The van der Waals surface area contributed by atoms with Gasteiger partial charge in [0.25, 0.3) is 0 Å². The number of unbranched alkanes of at least 4 members (excludes halogenated alkanes) is 12. The molecule has 5 nitrogen and oxygen atoms in total. The number of hydrogen-bond acceptors (Lipinski definition) is 5. The van der Waals surface area contributed by atoms with E-state index in [0.29, 0.717) is 6.42 Å². The number of hydrogen-bond donors (Lipinski definition) is 2. The van der Waals surface area contributed by atoms with E-state index in [-0.39, 0.29) is 19.0 Å². The molecular weight excluding hydrogens is 344 g/mol. The van der Waals surface area contributed by atoms with E-state index in [4.69, 9.17) is 4.74 Å². The third-order valence-corrected chi connectivity index (χ3v) is 4.64. The second-order valence-electron chi connectivity index (χ2n) is 7.26. The molecule has 0 spiro atoms. The number of ether oxygens (including phenoxy) is 2. The highest BCUT2D eigenvalue weighted by molar-refractivity contribution is 5.69. The summed E-state index contributed by atoms with van der Waals surface area (Å²) in [4.78, 5) is 11.6. The summed E-state index contributed by atoms with van der Waals surface area (Å²) in [7, 11) is 0. The van der Waals surface area contributed by atoms with Crippen LogP contribution in [0.4, 0.5) is 0 Å². The van der Waals surface area contributed by atoms with Gasteiger partial charge in [0, 0.05) is 12.8 Å². The van der Waals surface area contributed by atoms with Crippen molar-refractivity contribution in [3.8, 4) is 0 Å². The average Bonchev–Trinajstić information content (AvgIpc) is 2.65. The lowest BCUT2D eigenvalue weighted by molar-refractivity contribution is -0.314. The Morgan fingerprint density at radius 1 is 0.815 bits per heavy atom. The van der Waals surface area contributed by atoms with Gasteiger partial charge in [-0.25, -0.2) is 0 Å². The first kappa shape index (κ1) is 25.9. The van der Waals surface area contributed by atoms with Crippen molar-refractivity contribution in [2.75, 3.05) is 6.61 Å². The van der Waals surface area contributed by atoms with E-state index in [0.717, 1.165) is 19.1 Å². The van der Waals surface area contributed by atoms with Gasteiger partial charge in [-0.2, -0.15) is 0 Å². The molecule has 0 saturated heterocycles. The fraction of sp³-hybridized carbons (Fsp3) is 0.864. The molecule has 0 rings (SSSR count). The lowest BCUT2D eigenvalue weighted by Gasteiger charge is -2.17. The molecule has 0 aliphatic carbocycles. The van der Waals surface area contributed by atoms with E-state index in [9.17, 15) is 15.0 Å². The van der Waals surface area contributed by atoms with Crippen LogP contribution in [0, 0.1) is 0 Å². The molecule has 0 aromatic heterocycles. The van der Waals surface area contributed by atoms with Crippen LogP contribution in [-0.2, 0) is 14.3 Å². The molecule has 0 bridgehead atoms. The topological polar surface area (TPSA) is 76.0 Å². The number of esters is 1. The van der Waals surface area contributed by atoms with Gasteiger partial charge < -0.3 is 19.7 Å². The highest BCUT2D eigenvalue weighted by Crippen LogP contribution is 2.13. The van der Waals surface area contributed by atoms with Gasteiger partial charge in [-0.3, -0.25) is 4.79 Å². The Balaban J connectivity index is 3.31. The lowest BCUT2D eigenvalue weighted by Crippen LogP contribution is -2.28. The Kier molecular flexibility index (Phi) is 17.6.